The van der Waals surface area contributed by atoms with E-state index in [0.29, 0.717) is 44.0 Å². The molecule has 0 aliphatic heterocycles. The number of hydrogen-bond acceptors (Lipinski definition) is 3. The average Bonchev–Trinajstić information content (AvgIpc) is 3.04. The number of ketones is 1. The van der Waals surface area contributed by atoms with Crippen LogP contribution in [0, 0.1) is 34.9 Å². The van der Waals surface area contributed by atoms with Gasteiger partial charge >= 0.3 is 38.8 Å². The van der Waals surface area contributed by atoms with Crippen LogP contribution in [0.2, 0.25) is 0 Å². The molecule has 2 nitrogen and oxygen atoms in total. The van der Waals surface area contributed by atoms with Crippen molar-refractivity contribution in [3.8, 4) is 16.9 Å². The number of carbonyl (C=O) groups excluding carboxylic acids is 1. The van der Waals surface area contributed by atoms with Crippen LogP contribution in [-0.2, 0) is 0 Å². The molecule has 0 amide bonds. The summed E-state index contributed by atoms with van der Waals surface area (Å²) >= 11 is 1.61. The van der Waals surface area contributed by atoms with Crippen LogP contribution < -0.4 is 4.74 Å². The van der Waals surface area contributed by atoms with Crippen LogP contribution >= 0.6 is 31.3 Å². The maximum atomic E-state index is 14.9. The predicted molar refractivity (Wildman–Crippen MR) is 164 cm³/mol. The molecule has 0 aromatic heterocycles. The summed E-state index contributed by atoms with van der Waals surface area (Å²) in [5, 5.41) is 0. The Balaban J connectivity index is 0.000000698. The summed E-state index contributed by atoms with van der Waals surface area (Å²) in [5.41, 5.74) is 1.48. The average molecular weight is 759 g/mol. The Kier molecular flexibility index (Phi) is 10.5. The van der Waals surface area contributed by atoms with E-state index in [9.17, 15) is 56.3 Å². The zero-order valence-corrected chi connectivity index (χ0v) is 26.8. The number of hydrogen-bond donors (Lipinski definition) is 0. The normalized spacial score (nSPS) is 12.8. The summed E-state index contributed by atoms with van der Waals surface area (Å²) in [6.07, 6.45) is 0. The molecule has 49 heavy (non-hydrogen) atoms. The van der Waals surface area contributed by atoms with Gasteiger partial charge in [0, 0.05) is 14.7 Å². The van der Waals surface area contributed by atoms with E-state index in [1.807, 2.05) is 0 Å². The van der Waals surface area contributed by atoms with Gasteiger partial charge in [-0.15, -0.1) is 0 Å². The van der Waals surface area contributed by atoms with Crippen molar-refractivity contribution in [2.75, 3.05) is 7.11 Å². The first-order chi connectivity index (χ1) is 22.6. The van der Waals surface area contributed by atoms with E-state index in [-0.39, 0.29) is 16.2 Å². The molecule has 0 fully saturated rings. The van der Waals surface area contributed by atoms with Crippen molar-refractivity contribution in [3.05, 3.63) is 137 Å². The second-order valence-electron chi connectivity index (χ2n) is 9.78. The van der Waals surface area contributed by atoms with Crippen LogP contribution in [0.5, 0.6) is 5.75 Å². The number of benzene rings is 5. The number of rotatable bonds is 8. The van der Waals surface area contributed by atoms with Gasteiger partial charge in [0.2, 0.25) is 5.82 Å². The fourth-order valence-electron chi connectivity index (χ4n) is 4.12. The zero-order chi connectivity index (χ0) is 36.4. The molecule has 0 aliphatic rings. The molecule has 5 rings (SSSR count). The quantitative estimate of drug-likeness (QED) is 0.0394. The fraction of sp³-hybridized carbons (Fsp3) is 0.0312. The standard InChI is InChI=1S/C32H18F6O2S2.F6P/c1-40-19-12-15-23(42-32-29(37)27(35)26(34)28(36)30(32)38)21(16-19)17-10-13-20(14-11-17)41-24-9-5-8-22(33)25(24)31(39)18-6-3-2-4-7-18;1-7(2,3,4,5)6/h2-16H,1H3;/q;-1/p+1. The summed E-state index contributed by atoms with van der Waals surface area (Å²) in [5.74, 6) is -10.5. The van der Waals surface area contributed by atoms with Crippen molar-refractivity contribution >= 4 is 37.1 Å². The Labute approximate surface area is 278 Å². The van der Waals surface area contributed by atoms with Gasteiger partial charge in [-0.2, -0.15) is 0 Å². The van der Waals surface area contributed by atoms with Crippen LogP contribution in [0.4, 0.5) is 51.5 Å². The number of ether oxygens (including phenoxy) is 1. The molecule has 5 aromatic carbocycles. The van der Waals surface area contributed by atoms with Crippen molar-refractivity contribution in [1.82, 2.24) is 0 Å². The van der Waals surface area contributed by atoms with Gasteiger partial charge in [0.05, 0.1) is 17.6 Å². The molecule has 0 aliphatic carbocycles. The van der Waals surface area contributed by atoms with Crippen LogP contribution in [-0.4, -0.2) is 17.7 Å². The summed E-state index contributed by atoms with van der Waals surface area (Å²) in [4.78, 5) is 11.2. The molecule has 5 aromatic rings. The monoisotopic (exact) mass is 758 g/mol. The van der Waals surface area contributed by atoms with Gasteiger partial charge in [0.1, 0.15) is 17.1 Å². The first-order valence-electron chi connectivity index (χ1n) is 13.3. The molecule has 0 heterocycles. The van der Waals surface area contributed by atoms with E-state index in [1.165, 1.54) is 43.1 Å². The Morgan fingerprint density at radius 2 is 1.16 bits per heavy atom. The van der Waals surface area contributed by atoms with Crippen molar-refractivity contribution in [2.24, 2.45) is 0 Å². The summed E-state index contributed by atoms with van der Waals surface area (Å²) in [6, 6.07) is 24.4. The van der Waals surface area contributed by atoms with E-state index >= 15 is 0 Å². The molecular formula is C32H19F12O2PS2. The summed E-state index contributed by atoms with van der Waals surface area (Å²) in [6.45, 7) is 0. The maximum absolute atomic E-state index is 14.9. The van der Waals surface area contributed by atoms with Crippen LogP contribution in [0.25, 0.3) is 11.1 Å². The van der Waals surface area contributed by atoms with E-state index < -0.39 is 47.6 Å². The first-order valence-corrected chi connectivity index (χ1v) is 16.9. The van der Waals surface area contributed by atoms with Crippen molar-refractivity contribution < 1.29 is 61.1 Å². The molecule has 0 saturated heterocycles. The topological polar surface area (TPSA) is 30.6 Å². The minimum atomic E-state index is -10.7. The Morgan fingerprint density at radius 1 is 0.612 bits per heavy atom. The molecule has 0 bridgehead atoms. The molecule has 0 unspecified atom stereocenters. The van der Waals surface area contributed by atoms with E-state index in [0.717, 1.165) is 0 Å². The van der Waals surface area contributed by atoms with Gasteiger partial charge < -0.3 is 4.74 Å². The first kappa shape index (κ1) is 37.7. The van der Waals surface area contributed by atoms with E-state index in [2.05, 4.69) is 0 Å². The third kappa shape index (κ3) is 10.2. The number of halogens is 12. The predicted octanol–water partition coefficient (Wildman–Crippen LogP) is 12.8. The Morgan fingerprint density at radius 3 is 1.71 bits per heavy atom. The van der Waals surface area contributed by atoms with Crippen molar-refractivity contribution in [2.45, 2.75) is 19.6 Å². The molecular weight excluding hydrogens is 739 g/mol. The van der Waals surface area contributed by atoms with Gasteiger partial charge in [-0.1, -0.05) is 59.9 Å². The summed E-state index contributed by atoms with van der Waals surface area (Å²) in [7, 11) is -9.23. The molecule has 0 saturated carbocycles. The SMILES string of the molecule is COc1ccc(Sc2c(F)c(F)c(F)c(F)c2F)c(-c2ccc(Sc3cccc(F)c3C(=[OH+])c3ccccc3)cc2)c1.F[P-](F)(F)(F)(F)F. The van der Waals surface area contributed by atoms with Gasteiger partial charge in [-0.3, -0.25) is 4.79 Å². The molecule has 0 radical (unpaired) electrons. The third-order valence-corrected chi connectivity index (χ3v) is 8.43. The zero-order valence-electron chi connectivity index (χ0n) is 24.3. The molecule has 0 atom stereocenters. The van der Waals surface area contributed by atoms with E-state index in [4.69, 9.17) is 4.74 Å². The fourth-order valence-corrected chi connectivity index (χ4v) is 6.09. The van der Waals surface area contributed by atoms with E-state index in [1.54, 1.807) is 66.7 Å². The Bertz CT molecular complexity index is 1990. The molecule has 0 spiro atoms. The van der Waals surface area contributed by atoms with Crippen LogP contribution in [0.1, 0.15) is 11.1 Å². The van der Waals surface area contributed by atoms with Crippen LogP contribution in [0.3, 0.4) is 0 Å². The van der Waals surface area contributed by atoms with Gasteiger partial charge in [0.25, 0.3) is 0 Å². The van der Waals surface area contributed by atoms with Gasteiger partial charge in [0.15, 0.2) is 23.3 Å². The second-order valence-corrected chi connectivity index (χ2v) is 13.9. The molecule has 1 N–H and O–H groups in total. The second kappa shape index (κ2) is 13.6. The molecule has 17 heteroatoms. The summed E-state index contributed by atoms with van der Waals surface area (Å²) < 4.78 is 149. The van der Waals surface area contributed by atoms with Crippen molar-refractivity contribution in [1.29, 1.82) is 0 Å². The Hall–Kier alpha value is -4.14. The third-order valence-electron chi connectivity index (χ3n) is 6.22. The van der Waals surface area contributed by atoms with Gasteiger partial charge in [-0.05, 0) is 65.7 Å². The number of methoxy groups -OCH3 is 1. The minimum absolute atomic E-state index is 0.0482. The molecule has 260 valence electrons. The van der Waals surface area contributed by atoms with Crippen LogP contribution in [0.15, 0.2) is 111 Å². The van der Waals surface area contributed by atoms with Gasteiger partial charge in [-0.25, -0.2) is 26.3 Å². The van der Waals surface area contributed by atoms with Crippen molar-refractivity contribution in [3.63, 3.8) is 0 Å².